The van der Waals surface area contributed by atoms with Gasteiger partial charge in [-0.1, -0.05) is 13.2 Å². The Morgan fingerprint density at radius 1 is 1.26 bits per heavy atom. The Bertz CT molecular complexity index is 1240. The number of aryl methyl sites for hydroxylation is 1. The number of carbonyl (C=O) groups excluding carboxylic acids is 1. The molecule has 6 nitrogen and oxygen atoms in total. The van der Waals surface area contributed by atoms with Gasteiger partial charge in [0.15, 0.2) is 0 Å². The zero-order valence-electron chi connectivity index (χ0n) is 19.4. The summed E-state index contributed by atoms with van der Waals surface area (Å²) in [6, 6.07) is 0.633. The van der Waals surface area contributed by atoms with Gasteiger partial charge in [-0.3, -0.25) is 9.36 Å². The second kappa shape index (κ2) is 8.79. The minimum absolute atomic E-state index is 0.0420. The van der Waals surface area contributed by atoms with Crippen LogP contribution in [0.2, 0.25) is 0 Å². The molecule has 0 spiro atoms. The fourth-order valence-corrected chi connectivity index (χ4v) is 6.32. The highest BCUT2D eigenvalue weighted by molar-refractivity contribution is 7.99. The summed E-state index contributed by atoms with van der Waals surface area (Å²) < 4.78 is 44.2. The van der Waals surface area contributed by atoms with Gasteiger partial charge < -0.3 is 9.80 Å². The predicted molar refractivity (Wildman–Crippen MR) is 129 cm³/mol. The van der Waals surface area contributed by atoms with E-state index >= 15 is 0 Å². The number of halogens is 3. The predicted octanol–water partition coefficient (Wildman–Crippen LogP) is 4.56. The number of hydrogen-bond acceptors (Lipinski definition) is 5. The van der Waals surface area contributed by atoms with Crippen molar-refractivity contribution in [2.24, 2.45) is 0 Å². The zero-order chi connectivity index (χ0) is 24.9. The number of aromatic nitrogens is 2. The normalized spacial score (nSPS) is 20.9. The fourth-order valence-electron chi connectivity index (χ4n) is 5.06. The van der Waals surface area contributed by atoms with Crippen LogP contribution in [-0.4, -0.2) is 51.3 Å². The first-order valence-electron chi connectivity index (χ1n) is 11.1. The third kappa shape index (κ3) is 4.01. The Morgan fingerprint density at radius 2 is 1.91 bits per heavy atom. The van der Waals surface area contributed by atoms with E-state index in [1.54, 1.807) is 11.8 Å². The maximum absolute atomic E-state index is 14.2. The molecule has 2 aliphatic heterocycles. The molecule has 4 rings (SSSR count). The SMILES string of the molecule is C=CC(=O)N1C(C)CN(c2nc(=O)n3c4c(c(C(=C)C)c(C(F)(F)F)cc24)SCCC3)CC1C. The number of rotatable bonds is 3. The van der Waals surface area contributed by atoms with Gasteiger partial charge in [0.2, 0.25) is 5.91 Å². The number of piperazine rings is 1. The highest BCUT2D eigenvalue weighted by Gasteiger charge is 2.38. The molecule has 10 heteroatoms. The van der Waals surface area contributed by atoms with Gasteiger partial charge in [-0.25, -0.2) is 4.79 Å². The van der Waals surface area contributed by atoms with E-state index in [0.717, 1.165) is 6.07 Å². The molecule has 3 heterocycles. The van der Waals surface area contributed by atoms with Crippen molar-refractivity contribution in [1.82, 2.24) is 14.5 Å². The topological polar surface area (TPSA) is 58.4 Å². The number of nitrogens with zero attached hydrogens (tertiary/aromatic N) is 4. The minimum atomic E-state index is -4.60. The van der Waals surface area contributed by atoms with E-state index in [1.807, 2.05) is 18.7 Å². The van der Waals surface area contributed by atoms with Gasteiger partial charge in [0.1, 0.15) is 5.82 Å². The molecular weight excluding hydrogens is 465 g/mol. The Labute approximate surface area is 200 Å². The molecular formula is C24H27F3N4O2S. The molecule has 2 aromatic rings. The highest BCUT2D eigenvalue weighted by Crippen LogP contribution is 2.46. The van der Waals surface area contributed by atoms with Crippen LogP contribution >= 0.6 is 11.8 Å². The molecule has 1 aromatic heterocycles. The first-order valence-corrected chi connectivity index (χ1v) is 12.1. The molecule has 0 bridgehead atoms. The lowest BCUT2D eigenvalue weighted by molar-refractivity contribution is -0.137. The Morgan fingerprint density at radius 3 is 2.47 bits per heavy atom. The van der Waals surface area contributed by atoms with Crippen molar-refractivity contribution >= 4 is 40.0 Å². The Hall–Kier alpha value is -2.75. The second-order valence-electron chi connectivity index (χ2n) is 8.93. The van der Waals surface area contributed by atoms with Crippen LogP contribution in [-0.2, 0) is 17.5 Å². The van der Waals surface area contributed by atoms with Gasteiger partial charge >= 0.3 is 11.9 Å². The van der Waals surface area contributed by atoms with Crippen LogP contribution in [0.1, 0.15) is 38.3 Å². The lowest BCUT2D eigenvalue weighted by Gasteiger charge is -2.44. The van der Waals surface area contributed by atoms with E-state index in [1.165, 1.54) is 22.4 Å². The molecule has 1 amide bonds. The van der Waals surface area contributed by atoms with Crippen LogP contribution in [0.4, 0.5) is 19.0 Å². The van der Waals surface area contributed by atoms with Gasteiger partial charge in [-0.15, -0.1) is 11.8 Å². The van der Waals surface area contributed by atoms with Crippen LogP contribution in [0.5, 0.6) is 0 Å². The van der Waals surface area contributed by atoms with Crippen molar-refractivity contribution in [3.8, 4) is 0 Å². The van der Waals surface area contributed by atoms with Crippen molar-refractivity contribution in [3.63, 3.8) is 0 Å². The maximum Gasteiger partial charge on any atom is 0.417 e. The summed E-state index contributed by atoms with van der Waals surface area (Å²) in [6.07, 6.45) is -2.70. The highest BCUT2D eigenvalue weighted by atomic mass is 32.2. The minimum Gasteiger partial charge on any atom is -0.352 e. The van der Waals surface area contributed by atoms with Crippen LogP contribution in [0.25, 0.3) is 16.5 Å². The number of alkyl halides is 3. The smallest absolute Gasteiger partial charge is 0.352 e. The largest absolute Gasteiger partial charge is 0.417 e. The van der Waals surface area contributed by atoms with E-state index in [9.17, 15) is 22.8 Å². The summed E-state index contributed by atoms with van der Waals surface area (Å²) >= 11 is 1.33. The maximum atomic E-state index is 14.2. The molecule has 0 aliphatic carbocycles. The number of thioether (sulfide) groups is 1. The van der Waals surface area contributed by atoms with Gasteiger partial charge in [-0.2, -0.15) is 18.2 Å². The number of allylic oxidation sites excluding steroid dienone is 1. The standard InChI is InChI=1S/C24H27F3N4O2S/c1-6-18(32)31-14(4)11-29(12-15(31)5)22-16-10-17(24(25,26)27)19(13(2)3)21-20(16)30(23(33)28-22)8-7-9-34-21/h6,10,14-15H,1-2,7-9,11-12H2,3-5H3. The van der Waals surface area contributed by atoms with Crippen molar-refractivity contribution in [1.29, 1.82) is 0 Å². The lowest BCUT2D eigenvalue weighted by Crippen LogP contribution is -2.58. The van der Waals surface area contributed by atoms with E-state index in [0.29, 0.717) is 53.2 Å². The first-order chi connectivity index (χ1) is 16.0. The van der Waals surface area contributed by atoms with Crippen molar-refractivity contribution in [2.45, 2.75) is 56.9 Å². The quantitative estimate of drug-likeness (QED) is 0.589. The van der Waals surface area contributed by atoms with Crippen molar-refractivity contribution in [2.75, 3.05) is 23.7 Å². The molecule has 2 atom stereocenters. The van der Waals surface area contributed by atoms with E-state index in [-0.39, 0.29) is 29.4 Å². The summed E-state index contributed by atoms with van der Waals surface area (Å²) in [5, 5.41) is 0.296. The van der Waals surface area contributed by atoms with Gasteiger partial charge in [-0.05, 0) is 50.7 Å². The van der Waals surface area contributed by atoms with E-state index in [4.69, 9.17) is 0 Å². The summed E-state index contributed by atoms with van der Waals surface area (Å²) in [5.41, 5.74) is -0.432. The zero-order valence-corrected chi connectivity index (χ0v) is 20.2. The molecule has 0 saturated carbocycles. The second-order valence-corrected chi connectivity index (χ2v) is 10.0. The summed E-state index contributed by atoms with van der Waals surface area (Å²) in [5.74, 6) is 0.606. The van der Waals surface area contributed by atoms with E-state index in [2.05, 4.69) is 18.1 Å². The van der Waals surface area contributed by atoms with Crippen LogP contribution < -0.4 is 10.6 Å². The van der Waals surface area contributed by atoms with Gasteiger partial charge in [0, 0.05) is 47.6 Å². The van der Waals surface area contributed by atoms with Crippen molar-refractivity contribution in [3.05, 3.63) is 46.9 Å². The molecule has 182 valence electrons. The molecule has 0 N–H and O–H groups in total. The Balaban J connectivity index is 2.00. The molecule has 34 heavy (non-hydrogen) atoms. The average molecular weight is 493 g/mol. The lowest BCUT2D eigenvalue weighted by atomic mass is 9.97. The monoisotopic (exact) mass is 492 g/mol. The number of amides is 1. The first kappa shape index (κ1) is 24.4. The summed E-state index contributed by atoms with van der Waals surface area (Å²) in [6.45, 7) is 13.7. The van der Waals surface area contributed by atoms with Gasteiger partial charge in [0.05, 0.1) is 11.1 Å². The summed E-state index contributed by atoms with van der Waals surface area (Å²) in [4.78, 5) is 33.6. The number of anilines is 1. The number of benzene rings is 1. The summed E-state index contributed by atoms with van der Waals surface area (Å²) in [7, 11) is 0. The fraction of sp³-hybridized carbons (Fsp3) is 0.458. The molecule has 2 aliphatic rings. The Kier molecular flexibility index (Phi) is 6.30. The van der Waals surface area contributed by atoms with Crippen molar-refractivity contribution < 1.29 is 18.0 Å². The molecule has 1 aromatic carbocycles. The van der Waals surface area contributed by atoms with Crippen LogP contribution in [0, 0.1) is 0 Å². The van der Waals surface area contributed by atoms with Crippen LogP contribution in [0.3, 0.4) is 0 Å². The molecule has 2 unspecified atom stereocenters. The van der Waals surface area contributed by atoms with E-state index < -0.39 is 17.4 Å². The van der Waals surface area contributed by atoms with Crippen LogP contribution in [0.15, 0.2) is 35.0 Å². The number of hydrogen-bond donors (Lipinski definition) is 0. The van der Waals surface area contributed by atoms with Gasteiger partial charge in [0.25, 0.3) is 0 Å². The average Bonchev–Trinajstić information content (AvgIpc) is 2.98. The third-order valence-corrected chi connectivity index (χ3v) is 7.53. The molecule has 1 saturated heterocycles. The molecule has 1 fully saturated rings. The third-order valence-electron chi connectivity index (χ3n) is 6.35. The molecule has 0 radical (unpaired) electrons. The number of carbonyl (C=O) groups is 1.